The molecule has 0 spiro atoms. The Morgan fingerprint density at radius 2 is 2.36 bits per heavy atom. The molecule has 0 unspecified atom stereocenters. The lowest BCUT2D eigenvalue weighted by molar-refractivity contribution is -0.142. The average Bonchev–Trinajstić information content (AvgIpc) is 3.03. The van der Waals surface area contributed by atoms with Crippen LogP contribution in [0.3, 0.4) is 0 Å². The number of hydrogen-bond acceptors (Lipinski definition) is 8. The van der Waals surface area contributed by atoms with Gasteiger partial charge in [-0.05, 0) is 24.6 Å². The number of rotatable bonds is 6. The molecule has 1 aromatic carbocycles. The second-order valence-corrected chi connectivity index (χ2v) is 5.86. The Morgan fingerprint density at radius 1 is 1.48 bits per heavy atom. The maximum absolute atomic E-state index is 11.8. The molecule has 2 N–H and O–H groups in total. The van der Waals surface area contributed by atoms with Crippen molar-refractivity contribution in [3.05, 3.63) is 51.5 Å². The zero-order chi connectivity index (χ0) is 17.6. The van der Waals surface area contributed by atoms with Crippen LogP contribution in [-0.2, 0) is 16.0 Å². The molecular weight excluding hydrogens is 342 g/mol. The number of nitrogens with one attached hydrogen (secondary N) is 2. The van der Waals surface area contributed by atoms with Crippen molar-refractivity contribution in [1.29, 1.82) is 0 Å². The van der Waals surface area contributed by atoms with Gasteiger partial charge in [-0.1, -0.05) is 6.07 Å². The second-order valence-electron chi connectivity index (χ2n) is 5.00. The Hall–Kier alpha value is -3.07. The van der Waals surface area contributed by atoms with Crippen LogP contribution in [0.1, 0.15) is 18.2 Å². The van der Waals surface area contributed by atoms with Gasteiger partial charge >= 0.3 is 5.97 Å². The minimum absolute atomic E-state index is 0.135. The molecule has 2 heterocycles. The number of carbonyl (C=O) groups excluding carboxylic acids is 1. The molecule has 0 aliphatic carbocycles. The summed E-state index contributed by atoms with van der Waals surface area (Å²) in [6.45, 7) is 2.11. The summed E-state index contributed by atoms with van der Waals surface area (Å²) in [7, 11) is 0. The van der Waals surface area contributed by atoms with E-state index >= 15 is 0 Å². The fourth-order valence-electron chi connectivity index (χ4n) is 2.13. The summed E-state index contributed by atoms with van der Waals surface area (Å²) in [5.74, 6) is -0.308. The molecule has 0 aliphatic heterocycles. The molecule has 0 fully saturated rings. The van der Waals surface area contributed by atoms with Crippen molar-refractivity contribution >= 4 is 39.6 Å². The maximum atomic E-state index is 11.8. The highest BCUT2D eigenvalue weighted by molar-refractivity contribution is 7.13. The van der Waals surface area contributed by atoms with Crippen LogP contribution in [-0.4, -0.2) is 33.7 Å². The van der Waals surface area contributed by atoms with Crippen molar-refractivity contribution in [2.45, 2.75) is 13.3 Å². The van der Waals surface area contributed by atoms with E-state index in [0.29, 0.717) is 28.3 Å². The Labute approximate surface area is 146 Å². The van der Waals surface area contributed by atoms with Crippen LogP contribution in [0, 0.1) is 0 Å². The van der Waals surface area contributed by atoms with Crippen LogP contribution in [0.15, 0.2) is 39.8 Å². The first-order chi connectivity index (χ1) is 12.2. The number of aromatic nitrogens is 3. The lowest BCUT2D eigenvalue weighted by atomic mass is 10.1. The number of nitrogens with zero attached hydrogens (tertiary/aromatic N) is 3. The molecule has 0 aliphatic rings. The Morgan fingerprint density at radius 3 is 3.20 bits per heavy atom. The molecule has 128 valence electrons. The number of hydrogen-bond donors (Lipinski definition) is 2. The molecule has 0 bridgehead atoms. The van der Waals surface area contributed by atoms with Crippen molar-refractivity contribution in [1.82, 2.24) is 15.0 Å². The third-order valence-electron chi connectivity index (χ3n) is 3.22. The average molecular weight is 357 g/mol. The second kappa shape index (κ2) is 7.67. The molecule has 0 atom stereocenters. The highest BCUT2D eigenvalue weighted by atomic mass is 32.1. The van der Waals surface area contributed by atoms with E-state index in [2.05, 4.69) is 25.5 Å². The van der Waals surface area contributed by atoms with E-state index in [0.717, 1.165) is 5.56 Å². The quantitative estimate of drug-likeness (QED) is 0.396. The molecule has 0 saturated carbocycles. The van der Waals surface area contributed by atoms with Gasteiger partial charge in [0.1, 0.15) is 0 Å². The normalized spacial score (nSPS) is 11.1. The topological polar surface area (TPSA) is 109 Å². The first kappa shape index (κ1) is 16.8. The van der Waals surface area contributed by atoms with E-state index in [1.54, 1.807) is 30.7 Å². The zero-order valence-corrected chi connectivity index (χ0v) is 14.2. The van der Waals surface area contributed by atoms with Gasteiger partial charge in [-0.15, -0.1) is 11.3 Å². The smallest absolute Gasteiger partial charge is 0.311 e. The first-order valence-electron chi connectivity index (χ1n) is 7.52. The van der Waals surface area contributed by atoms with Gasteiger partial charge in [0.05, 0.1) is 42.2 Å². The van der Waals surface area contributed by atoms with E-state index in [1.807, 2.05) is 6.07 Å². The number of aromatic amines is 1. The Kier molecular flexibility index (Phi) is 5.14. The van der Waals surface area contributed by atoms with Gasteiger partial charge in [0, 0.05) is 5.38 Å². The highest BCUT2D eigenvalue weighted by Gasteiger charge is 2.07. The van der Waals surface area contributed by atoms with Crippen molar-refractivity contribution in [3.8, 4) is 0 Å². The van der Waals surface area contributed by atoms with E-state index in [-0.39, 0.29) is 17.9 Å². The number of hydrazone groups is 1. The SMILES string of the molecule is CCOC(=O)Cc1csc(NN=Cc2ccc3nc[nH]c(=O)c3c2)n1. The summed E-state index contributed by atoms with van der Waals surface area (Å²) in [6, 6.07) is 5.28. The maximum Gasteiger partial charge on any atom is 0.311 e. The van der Waals surface area contributed by atoms with Crippen LogP contribution in [0.4, 0.5) is 5.13 Å². The molecule has 0 amide bonds. The largest absolute Gasteiger partial charge is 0.466 e. The fraction of sp³-hybridized carbons (Fsp3) is 0.188. The number of esters is 1. The molecule has 3 aromatic rings. The minimum Gasteiger partial charge on any atom is -0.466 e. The molecule has 2 aromatic heterocycles. The molecular formula is C16H15N5O3S. The van der Waals surface area contributed by atoms with Crippen LogP contribution < -0.4 is 11.0 Å². The number of thiazole rings is 1. The van der Waals surface area contributed by atoms with E-state index in [9.17, 15) is 9.59 Å². The number of anilines is 1. The van der Waals surface area contributed by atoms with E-state index in [1.165, 1.54) is 17.7 Å². The van der Waals surface area contributed by atoms with E-state index < -0.39 is 0 Å². The van der Waals surface area contributed by atoms with Crippen LogP contribution in [0.2, 0.25) is 0 Å². The van der Waals surface area contributed by atoms with Crippen molar-refractivity contribution in [2.75, 3.05) is 12.0 Å². The fourth-order valence-corrected chi connectivity index (χ4v) is 2.79. The van der Waals surface area contributed by atoms with Crippen LogP contribution in [0.25, 0.3) is 10.9 Å². The lowest BCUT2D eigenvalue weighted by Crippen LogP contribution is -2.07. The number of ether oxygens (including phenoxy) is 1. The molecule has 8 nitrogen and oxygen atoms in total. The standard InChI is InChI=1S/C16H15N5O3S/c1-2-24-14(22)6-11-8-25-16(20-11)21-19-7-10-3-4-13-12(5-10)15(23)18-9-17-13/h3-5,7-9H,2,6H2,1H3,(H,20,21)(H,17,18,23). The van der Waals surface area contributed by atoms with Crippen molar-refractivity contribution in [2.24, 2.45) is 5.10 Å². The third kappa shape index (κ3) is 4.27. The zero-order valence-electron chi connectivity index (χ0n) is 13.4. The van der Waals surface area contributed by atoms with Gasteiger partial charge < -0.3 is 9.72 Å². The first-order valence-corrected chi connectivity index (χ1v) is 8.40. The summed E-state index contributed by atoms with van der Waals surface area (Å²) >= 11 is 1.34. The summed E-state index contributed by atoms with van der Waals surface area (Å²) < 4.78 is 4.88. The third-order valence-corrected chi connectivity index (χ3v) is 4.02. The van der Waals surface area contributed by atoms with Gasteiger partial charge in [-0.3, -0.25) is 15.0 Å². The summed E-state index contributed by atoms with van der Waals surface area (Å²) in [4.78, 5) is 34.1. The number of carbonyl (C=O) groups is 1. The summed E-state index contributed by atoms with van der Waals surface area (Å²) in [5.41, 5.74) is 4.61. The van der Waals surface area contributed by atoms with Gasteiger partial charge in [0.25, 0.3) is 5.56 Å². The van der Waals surface area contributed by atoms with Crippen molar-refractivity contribution < 1.29 is 9.53 Å². The Bertz CT molecular complexity index is 979. The molecule has 3 rings (SSSR count). The van der Waals surface area contributed by atoms with Crippen LogP contribution >= 0.6 is 11.3 Å². The monoisotopic (exact) mass is 357 g/mol. The Balaban J connectivity index is 1.65. The van der Waals surface area contributed by atoms with Gasteiger partial charge in [0.15, 0.2) is 0 Å². The number of benzene rings is 1. The summed E-state index contributed by atoms with van der Waals surface area (Å²) in [5, 5.41) is 6.94. The van der Waals surface area contributed by atoms with E-state index in [4.69, 9.17) is 4.74 Å². The number of fused-ring (bicyclic) bond motifs is 1. The number of H-pyrrole nitrogens is 1. The van der Waals surface area contributed by atoms with Crippen molar-refractivity contribution in [3.63, 3.8) is 0 Å². The molecule has 0 radical (unpaired) electrons. The lowest BCUT2D eigenvalue weighted by Gasteiger charge is -1.98. The van der Waals surface area contributed by atoms with Gasteiger partial charge in [-0.25, -0.2) is 9.97 Å². The molecule has 9 heteroatoms. The summed E-state index contributed by atoms with van der Waals surface area (Å²) in [6.07, 6.45) is 3.09. The predicted octanol–water partition coefficient (Wildman–Crippen LogP) is 1.93. The van der Waals surface area contributed by atoms with Gasteiger partial charge in [-0.2, -0.15) is 5.10 Å². The van der Waals surface area contributed by atoms with Gasteiger partial charge in [0.2, 0.25) is 5.13 Å². The van der Waals surface area contributed by atoms with Crippen LogP contribution in [0.5, 0.6) is 0 Å². The predicted molar refractivity (Wildman–Crippen MR) is 96.0 cm³/mol. The molecule has 25 heavy (non-hydrogen) atoms. The molecule has 0 saturated heterocycles. The highest BCUT2D eigenvalue weighted by Crippen LogP contribution is 2.16. The minimum atomic E-state index is -0.308.